The lowest BCUT2D eigenvalue weighted by Crippen LogP contribution is -2.23. The minimum absolute atomic E-state index is 0.148. The van der Waals surface area contributed by atoms with Crippen molar-refractivity contribution in [1.29, 1.82) is 0 Å². The van der Waals surface area contributed by atoms with Gasteiger partial charge in [0.15, 0.2) is 6.10 Å². The fourth-order valence-corrected chi connectivity index (χ4v) is 3.27. The first kappa shape index (κ1) is 17.3. The maximum Gasteiger partial charge on any atom is 0.300 e. The van der Waals surface area contributed by atoms with Crippen molar-refractivity contribution in [2.45, 2.75) is 32.4 Å². The predicted molar refractivity (Wildman–Crippen MR) is 104 cm³/mol. The van der Waals surface area contributed by atoms with Crippen LogP contribution in [-0.4, -0.2) is 22.3 Å². The van der Waals surface area contributed by atoms with Crippen LogP contribution in [0.2, 0.25) is 0 Å². The van der Waals surface area contributed by atoms with Gasteiger partial charge in [-0.05, 0) is 35.2 Å². The molecule has 138 valence electrons. The van der Waals surface area contributed by atoms with Crippen molar-refractivity contribution in [3.05, 3.63) is 76.7 Å². The fourth-order valence-electron chi connectivity index (χ4n) is 3.27. The van der Waals surface area contributed by atoms with Crippen LogP contribution in [0.15, 0.2) is 65.6 Å². The molecule has 1 unspecified atom stereocenters. The summed E-state index contributed by atoms with van der Waals surface area (Å²) >= 11 is 0. The highest BCUT2D eigenvalue weighted by atomic mass is 16.6. The Morgan fingerprint density at radius 1 is 1.15 bits per heavy atom. The molecule has 0 spiro atoms. The van der Waals surface area contributed by atoms with E-state index in [1.54, 1.807) is 6.20 Å². The van der Waals surface area contributed by atoms with Gasteiger partial charge in [0.25, 0.3) is 11.6 Å². The Morgan fingerprint density at radius 3 is 2.81 bits per heavy atom. The van der Waals surface area contributed by atoms with E-state index in [-0.39, 0.29) is 11.7 Å². The Balaban J connectivity index is 1.37. The summed E-state index contributed by atoms with van der Waals surface area (Å²) in [6, 6.07) is 18.6. The fraction of sp³-hybridized carbons (Fsp3) is 0.273. The Bertz CT molecular complexity index is 979. The topological polar surface area (TPSA) is 53.4 Å². The van der Waals surface area contributed by atoms with Gasteiger partial charge in [-0.1, -0.05) is 49.7 Å². The summed E-state index contributed by atoms with van der Waals surface area (Å²) in [6.45, 7) is 3.23. The molecule has 2 aromatic carbocycles. The summed E-state index contributed by atoms with van der Waals surface area (Å²) in [5.74, 6) is 0.797. The second kappa shape index (κ2) is 7.66. The summed E-state index contributed by atoms with van der Waals surface area (Å²) in [7, 11) is 0. The molecule has 27 heavy (non-hydrogen) atoms. The van der Waals surface area contributed by atoms with E-state index in [1.165, 1.54) is 22.8 Å². The van der Waals surface area contributed by atoms with Gasteiger partial charge in [0.05, 0.1) is 6.54 Å². The molecule has 2 heterocycles. The van der Waals surface area contributed by atoms with Crippen LogP contribution in [0.1, 0.15) is 18.9 Å². The molecule has 0 saturated carbocycles. The van der Waals surface area contributed by atoms with Crippen LogP contribution in [0.5, 0.6) is 11.8 Å². The Labute approximate surface area is 158 Å². The van der Waals surface area contributed by atoms with E-state index in [1.807, 2.05) is 16.7 Å². The van der Waals surface area contributed by atoms with E-state index in [0.717, 1.165) is 18.6 Å². The number of benzene rings is 2. The lowest BCUT2D eigenvalue weighted by Gasteiger charge is -2.12. The third-order valence-corrected chi connectivity index (χ3v) is 4.61. The smallest absolute Gasteiger partial charge is 0.300 e. The van der Waals surface area contributed by atoms with Crippen LogP contribution in [0.3, 0.4) is 0 Å². The highest BCUT2D eigenvalue weighted by molar-refractivity contribution is 5.64. The molecule has 5 heteroatoms. The minimum atomic E-state index is -0.290. The van der Waals surface area contributed by atoms with E-state index in [0.29, 0.717) is 19.2 Å². The number of fused-ring (bicyclic) bond motifs is 1. The molecule has 1 aliphatic rings. The maximum absolute atomic E-state index is 11.3. The first-order valence-corrected chi connectivity index (χ1v) is 9.27. The van der Waals surface area contributed by atoms with Crippen molar-refractivity contribution in [2.75, 3.05) is 6.61 Å². The Kier molecular flexibility index (Phi) is 4.92. The number of hydrogen-bond donors (Lipinski definition) is 0. The molecule has 0 fully saturated rings. The number of aromatic nitrogens is 2. The van der Waals surface area contributed by atoms with Gasteiger partial charge in [0.1, 0.15) is 12.4 Å². The third-order valence-electron chi connectivity index (χ3n) is 4.61. The molecule has 0 saturated heterocycles. The molecule has 4 rings (SSSR count). The van der Waals surface area contributed by atoms with Crippen LogP contribution >= 0.6 is 0 Å². The summed E-state index contributed by atoms with van der Waals surface area (Å²) in [5, 5.41) is 0. The molecule has 1 aliphatic heterocycles. The minimum Gasteiger partial charge on any atom is -0.490 e. The van der Waals surface area contributed by atoms with E-state index in [4.69, 9.17) is 9.47 Å². The zero-order chi connectivity index (χ0) is 18.6. The maximum atomic E-state index is 11.3. The standard InChI is InChI=1S/C22H22N2O3/c1-2-4-16-5-3-6-18(13-16)17-7-9-19(10-8-17)26-15-20-14-24-12-11-21(25)23-22(24)27-20/h3,5-13,20H,2,4,14-15H2,1H3. The summed E-state index contributed by atoms with van der Waals surface area (Å²) in [5.41, 5.74) is 3.47. The van der Waals surface area contributed by atoms with E-state index in [9.17, 15) is 4.79 Å². The third kappa shape index (κ3) is 4.03. The molecule has 0 amide bonds. The highest BCUT2D eigenvalue weighted by Gasteiger charge is 2.23. The second-order valence-electron chi connectivity index (χ2n) is 6.73. The van der Waals surface area contributed by atoms with Gasteiger partial charge >= 0.3 is 0 Å². The predicted octanol–water partition coefficient (Wildman–Crippen LogP) is 3.70. The molecule has 0 aliphatic carbocycles. The zero-order valence-electron chi connectivity index (χ0n) is 15.3. The first-order valence-electron chi connectivity index (χ1n) is 9.27. The summed E-state index contributed by atoms with van der Waals surface area (Å²) in [4.78, 5) is 15.1. The summed E-state index contributed by atoms with van der Waals surface area (Å²) < 4.78 is 13.3. The number of ether oxygens (including phenoxy) is 2. The molecule has 0 bridgehead atoms. The van der Waals surface area contributed by atoms with Crippen molar-refractivity contribution < 1.29 is 9.47 Å². The van der Waals surface area contributed by atoms with E-state index in [2.05, 4.69) is 48.3 Å². The molecule has 3 aromatic rings. The SMILES string of the molecule is CCCc1cccc(-c2ccc(OCC3Cn4ccc(=O)nc4O3)cc2)c1. The average Bonchev–Trinajstić information content (AvgIpc) is 3.09. The van der Waals surface area contributed by atoms with Gasteiger partial charge in [0, 0.05) is 12.3 Å². The largest absolute Gasteiger partial charge is 0.490 e. The zero-order valence-corrected chi connectivity index (χ0v) is 15.3. The number of rotatable bonds is 6. The lowest BCUT2D eigenvalue weighted by molar-refractivity contribution is 0.143. The van der Waals surface area contributed by atoms with E-state index < -0.39 is 0 Å². The quantitative estimate of drug-likeness (QED) is 0.671. The van der Waals surface area contributed by atoms with Crippen LogP contribution < -0.4 is 15.0 Å². The molecule has 5 nitrogen and oxygen atoms in total. The van der Waals surface area contributed by atoms with E-state index >= 15 is 0 Å². The number of hydrogen-bond acceptors (Lipinski definition) is 4. The molecular weight excluding hydrogens is 340 g/mol. The molecule has 0 radical (unpaired) electrons. The average molecular weight is 362 g/mol. The van der Waals surface area contributed by atoms with Gasteiger partial charge < -0.3 is 9.47 Å². The van der Waals surface area contributed by atoms with Crippen molar-refractivity contribution >= 4 is 0 Å². The van der Waals surface area contributed by atoms with Gasteiger partial charge in [0.2, 0.25) is 0 Å². The van der Waals surface area contributed by atoms with Crippen LogP contribution in [0, 0.1) is 0 Å². The monoisotopic (exact) mass is 362 g/mol. The molecule has 1 atom stereocenters. The number of aryl methyl sites for hydroxylation is 1. The molecule has 0 N–H and O–H groups in total. The first-order chi connectivity index (χ1) is 13.2. The summed E-state index contributed by atoms with van der Waals surface area (Å²) in [6.07, 6.45) is 3.79. The van der Waals surface area contributed by atoms with Gasteiger partial charge in [-0.3, -0.25) is 9.36 Å². The number of nitrogens with zero attached hydrogens (tertiary/aromatic N) is 2. The van der Waals surface area contributed by atoms with Crippen molar-refractivity contribution in [3.8, 4) is 22.9 Å². The lowest BCUT2D eigenvalue weighted by atomic mass is 10.0. The normalized spacial score (nSPS) is 15.2. The van der Waals surface area contributed by atoms with Crippen molar-refractivity contribution in [2.24, 2.45) is 0 Å². The van der Waals surface area contributed by atoms with Crippen LogP contribution in [0.25, 0.3) is 11.1 Å². The van der Waals surface area contributed by atoms with Crippen molar-refractivity contribution in [3.63, 3.8) is 0 Å². The van der Waals surface area contributed by atoms with Gasteiger partial charge in [-0.15, -0.1) is 0 Å². The van der Waals surface area contributed by atoms with Gasteiger partial charge in [-0.2, -0.15) is 4.98 Å². The Morgan fingerprint density at radius 2 is 2.00 bits per heavy atom. The highest BCUT2D eigenvalue weighted by Crippen LogP contribution is 2.24. The second-order valence-corrected chi connectivity index (χ2v) is 6.73. The molecular formula is C22H22N2O3. The Hall–Kier alpha value is -3.08. The van der Waals surface area contributed by atoms with Gasteiger partial charge in [-0.25, -0.2) is 0 Å². The van der Waals surface area contributed by atoms with Crippen LogP contribution in [0.4, 0.5) is 0 Å². The molecule has 1 aromatic heterocycles. The van der Waals surface area contributed by atoms with Crippen LogP contribution in [-0.2, 0) is 13.0 Å². The van der Waals surface area contributed by atoms with Crippen molar-refractivity contribution in [1.82, 2.24) is 9.55 Å².